The first-order valence-electron chi connectivity index (χ1n) is 7.72. The summed E-state index contributed by atoms with van der Waals surface area (Å²) in [5, 5.41) is 0. The fraction of sp³-hybridized carbons (Fsp3) is 0.444. The number of rotatable bonds is 8. The quantitative estimate of drug-likeness (QED) is 0.598. The zero-order chi connectivity index (χ0) is 18.2. The van der Waals surface area contributed by atoms with Gasteiger partial charge in [-0.3, -0.25) is 0 Å². The Labute approximate surface area is 141 Å². The molecule has 0 aliphatic rings. The van der Waals surface area contributed by atoms with E-state index in [-0.39, 0.29) is 5.75 Å². The van der Waals surface area contributed by atoms with E-state index in [4.69, 9.17) is 4.74 Å². The van der Waals surface area contributed by atoms with Crippen LogP contribution in [0.4, 0.5) is 18.9 Å². The highest BCUT2D eigenvalue weighted by Crippen LogP contribution is 2.27. The summed E-state index contributed by atoms with van der Waals surface area (Å²) in [4.78, 5) is 1.93. The number of anilines is 1. The molecule has 0 aliphatic carbocycles. The van der Waals surface area contributed by atoms with Crippen LogP contribution >= 0.6 is 0 Å². The van der Waals surface area contributed by atoms with E-state index in [2.05, 4.69) is 23.8 Å². The number of alkyl halides is 3. The van der Waals surface area contributed by atoms with Gasteiger partial charge in [-0.1, -0.05) is 18.6 Å². The van der Waals surface area contributed by atoms with Crippen molar-refractivity contribution in [3.8, 4) is 5.75 Å². The van der Waals surface area contributed by atoms with Gasteiger partial charge in [0.25, 0.3) is 0 Å². The number of methoxy groups -OCH3 is 1. The van der Waals surface area contributed by atoms with Crippen LogP contribution in [0.1, 0.15) is 26.7 Å². The molecule has 6 heteroatoms. The minimum Gasteiger partial charge on any atom is -0.406 e. The fourth-order valence-corrected chi connectivity index (χ4v) is 2.22. The Bertz CT molecular complexity index is 563. The van der Waals surface area contributed by atoms with Crippen LogP contribution in [0.3, 0.4) is 0 Å². The Balaban J connectivity index is 2.97. The summed E-state index contributed by atoms with van der Waals surface area (Å²) < 4.78 is 45.7. The van der Waals surface area contributed by atoms with E-state index in [0.29, 0.717) is 13.0 Å². The lowest BCUT2D eigenvalue weighted by atomic mass is 10.1. The molecule has 0 spiro atoms. The molecule has 1 aromatic rings. The number of ether oxygens (including phenoxy) is 2. The highest BCUT2D eigenvalue weighted by atomic mass is 19.4. The van der Waals surface area contributed by atoms with E-state index >= 15 is 0 Å². The van der Waals surface area contributed by atoms with Gasteiger partial charge in [-0.2, -0.15) is 0 Å². The molecule has 0 atom stereocenters. The Morgan fingerprint density at radius 3 is 2.33 bits per heavy atom. The van der Waals surface area contributed by atoms with E-state index in [1.807, 2.05) is 18.9 Å². The Hall–Kier alpha value is -1.95. The van der Waals surface area contributed by atoms with E-state index < -0.39 is 6.36 Å². The second-order valence-electron chi connectivity index (χ2n) is 5.34. The molecule has 0 saturated carbocycles. The third-order valence-electron chi connectivity index (χ3n) is 3.37. The molecule has 0 radical (unpaired) electrons. The average Bonchev–Trinajstić information content (AvgIpc) is 2.50. The fourth-order valence-electron chi connectivity index (χ4n) is 2.22. The number of hydrogen-bond acceptors (Lipinski definition) is 3. The maximum atomic E-state index is 12.2. The average molecular weight is 343 g/mol. The van der Waals surface area contributed by atoms with Crippen molar-refractivity contribution in [3.63, 3.8) is 0 Å². The molecule has 0 unspecified atom stereocenters. The molecular formula is C18H24F3NO2. The molecule has 0 saturated heterocycles. The van der Waals surface area contributed by atoms with Gasteiger partial charge in [-0.05, 0) is 43.7 Å². The van der Waals surface area contributed by atoms with E-state index in [1.165, 1.54) is 12.1 Å². The second kappa shape index (κ2) is 9.37. The predicted molar refractivity (Wildman–Crippen MR) is 90.2 cm³/mol. The van der Waals surface area contributed by atoms with E-state index in [9.17, 15) is 13.2 Å². The first-order valence-corrected chi connectivity index (χ1v) is 7.72. The second-order valence-corrected chi connectivity index (χ2v) is 5.34. The molecule has 0 aromatic heterocycles. The first kappa shape index (κ1) is 20.1. The molecule has 0 aliphatic heterocycles. The van der Waals surface area contributed by atoms with E-state index in [1.54, 1.807) is 19.2 Å². The van der Waals surface area contributed by atoms with Gasteiger partial charge >= 0.3 is 6.36 Å². The summed E-state index contributed by atoms with van der Waals surface area (Å²) in [5.41, 5.74) is 2.92. The third-order valence-corrected chi connectivity index (χ3v) is 3.37. The van der Waals surface area contributed by atoms with Crippen LogP contribution < -0.4 is 9.64 Å². The molecule has 0 bridgehead atoms. The summed E-state index contributed by atoms with van der Waals surface area (Å²) >= 11 is 0. The predicted octanol–water partition coefficient (Wildman–Crippen LogP) is 5.30. The van der Waals surface area contributed by atoms with Crippen molar-refractivity contribution in [2.45, 2.75) is 33.1 Å². The monoisotopic (exact) mass is 343 g/mol. The zero-order valence-corrected chi connectivity index (χ0v) is 14.5. The minimum absolute atomic E-state index is 0.232. The van der Waals surface area contributed by atoms with Gasteiger partial charge in [-0.15, -0.1) is 13.2 Å². The Kier molecular flexibility index (Phi) is 7.85. The lowest BCUT2D eigenvalue weighted by molar-refractivity contribution is -0.274. The molecule has 1 rings (SSSR count). The smallest absolute Gasteiger partial charge is 0.406 e. The summed E-state index contributed by atoms with van der Waals surface area (Å²) in [6.45, 7) is 4.64. The van der Waals surface area contributed by atoms with Gasteiger partial charge in [0, 0.05) is 32.0 Å². The number of benzene rings is 1. The van der Waals surface area contributed by atoms with Gasteiger partial charge in [0.05, 0.1) is 6.61 Å². The van der Waals surface area contributed by atoms with Gasteiger partial charge in [0.1, 0.15) is 5.75 Å². The molecular weight excluding hydrogens is 319 g/mol. The standard InChI is InChI=1S/C18H24F3NO2/c1-5-6-14(2)13-16(11-12-23-4)22(3)15-7-9-17(10-8-15)24-18(19,20)21/h6-10,13H,5,11-12H2,1-4H3/b14-6-,16-13-. The molecule has 1 aromatic carbocycles. The molecule has 24 heavy (non-hydrogen) atoms. The van der Waals surface area contributed by atoms with Crippen molar-refractivity contribution in [1.29, 1.82) is 0 Å². The molecule has 0 N–H and O–H groups in total. The number of nitrogens with zero attached hydrogens (tertiary/aromatic N) is 1. The Morgan fingerprint density at radius 2 is 1.83 bits per heavy atom. The lowest BCUT2D eigenvalue weighted by Crippen LogP contribution is -2.19. The number of hydrogen-bond donors (Lipinski definition) is 0. The Morgan fingerprint density at radius 1 is 1.21 bits per heavy atom. The molecule has 0 heterocycles. The van der Waals surface area contributed by atoms with Crippen molar-refractivity contribution in [2.75, 3.05) is 25.7 Å². The SMILES string of the molecule is CC/C=C(C)\C=C(\CCOC)N(C)c1ccc(OC(F)(F)F)cc1. The maximum Gasteiger partial charge on any atom is 0.573 e. The normalized spacial score (nSPS) is 13.1. The summed E-state index contributed by atoms with van der Waals surface area (Å²) in [5.74, 6) is -0.232. The highest BCUT2D eigenvalue weighted by Gasteiger charge is 2.31. The van der Waals surface area contributed by atoms with Gasteiger partial charge < -0.3 is 14.4 Å². The molecule has 3 nitrogen and oxygen atoms in total. The molecule has 0 fully saturated rings. The molecule has 0 amide bonds. The van der Waals surface area contributed by atoms with Crippen molar-refractivity contribution >= 4 is 5.69 Å². The number of allylic oxidation sites excluding steroid dienone is 3. The van der Waals surface area contributed by atoms with Crippen LogP contribution in [0.2, 0.25) is 0 Å². The van der Waals surface area contributed by atoms with Crippen LogP contribution in [0.5, 0.6) is 5.75 Å². The molecule has 134 valence electrons. The zero-order valence-electron chi connectivity index (χ0n) is 14.5. The van der Waals surface area contributed by atoms with Crippen molar-refractivity contribution in [1.82, 2.24) is 0 Å². The number of halogens is 3. The maximum absolute atomic E-state index is 12.2. The lowest BCUT2D eigenvalue weighted by Gasteiger charge is -2.23. The van der Waals surface area contributed by atoms with E-state index in [0.717, 1.165) is 23.4 Å². The van der Waals surface area contributed by atoms with Gasteiger partial charge in [-0.25, -0.2) is 0 Å². The van der Waals surface area contributed by atoms with Crippen molar-refractivity contribution in [3.05, 3.63) is 47.7 Å². The van der Waals surface area contributed by atoms with Crippen LogP contribution in [-0.4, -0.2) is 27.1 Å². The summed E-state index contributed by atoms with van der Waals surface area (Å²) in [7, 11) is 3.51. The van der Waals surface area contributed by atoms with Crippen molar-refractivity contribution in [2.24, 2.45) is 0 Å². The van der Waals surface area contributed by atoms with Gasteiger partial charge in [0.2, 0.25) is 0 Å². The van der Waals surface area contributed by atoms with Crippen LogP contribution in [0, 0.1) is 0 Å². The first-order chi connectivity index (χ1) is 11.3. The summed E-state index contributed by atoms with van der Waals surface area (Å²) in [6.07, 6.45) is 1.12. The van der Waals surface area contributed by atoms with Crippen molar-refractivity contribution < 1.29 is 22.6 Å². The highest BCUT2D eigenvalue weighted by molar-refractivity contribution is 5.54. The largest absolute Gasteiger partial charge is 0.573 e. The van der Waals surface area contributed by atoms with Crippen LogP contribution in [0.15, 0.2) is 47.7 Å². The third kappa shape index (κ3) is 7.08. The topological polar surface area (TPSA) is 21.7 Å². The summed E-state index contributed by atoms with van der Waals surface area (Å²) in [6, 6.07) is 5.81. The van der Waals surface area contributed by atoms with Crippen LogP contribution in [0.25, 0.3) is 0 Å². The minimum atomic E-state index is -4.68. The van der Waals surface area contributed by atoms with Crippen LogP contribution in [-0.2, 0) is 4.74 Å². The van der Waals surface area contributed by atoms with Gasteiger partial charge in [0.15, 0.2) is 0 Å².